The summed E-state index contributed by atoms with van der Waals surface area (Å²) in [6, 6.07) is 5.28. The van der Waals surface area contributed by atoms with E-state index in [0.29, 0.717) is 34.6 Å². The Morgan fingerprint density at radius 1 is 1.30 bits per heavy atom. The van der Waals surface area contributed by atoms with Crippen LogP contribution in [0.25, 0.3) is 10.6 Å². The normalized spacial score (nSPS) is 25.0. The predicted molar refractivity (Wildman–Crippen MR) is 97.0 cm³/mol. The van der Waals surface area contributed by atoms with E-state index < -0.39 is 11.7 Å². The standard InChI is InChI=1S/C19H20F3N3OS/c20-19(21,22)13-3-1-2-11(6-13)18-24-14(10-27-18)7-17(26)25-8-12-4-5-16(23)15(12)9-25/h1-3,6,10,12,15-16H,4-5,7-9,23H2. The second kappa shape index (κ2) is 6.91. The monoisotopic (exact) mass is 395 g/mol. The summed E-state index contributed by atoms with van der Waals surface area (Å²) in [6.45, 7) is 1.46. The molecule has 3 unspecified atom stereocenters. The van der Waals surface area contributed by atoms with E-state index in [1.54, 1.807) is 11.4 Å². The van der Waals surface area contributed by atoms with E-state index in [2.05, 4.69) is 4.98 Å². The third-order valence-electron chi connectivity index (χ3n) is 5.59. The molecule has 1 aliphatic heterocycles. The summed E-state index contributed by atoms with van der Waals surface area (Å²) in [6.07, 6.45) is -2.11. The van der Waals surface area contributed by atoms with Gasteiger partial charge in [-0.25, -0.2) is 4.98 Å². The zero-order valence-corrected chi connectivity index (χ0v) is 15.4. The molecule has 2 heterocycles. The van der Waals surface area contributed by atoms with E-state index in [9.17, 15) is 18.0 Å². The van der Waals surface area contributed by atoms with Crippen LogP contribution in [-0.2, 0) is 17.4 Å². The van der Waals surface area contributed by atoms with Crippen molar-refractivity contribution in [1.29, 1.82) is 0 Å². The number of hydrogen-bond donors (Lipinski definition) is 1. The molecule has 27 heavy (non-hydrogen) atoms. The zero-order chi connectivity index (χ0) is 19.2. The van der Waals surface area contributed by atoms with Crippen molar-refractivity contribution in [3.8, 4) is 10.6 Å². The fourth-order valence-corrected chi connectivity index (χ4v) is 4.94. The van der Waals surface area contributed by atoms with Gasteiger partial charge in [-0.3, -0.25) is 4.79 Å². The topological polar surface area (TPSA) is 59.2 Å². The minimum atomic E-state index is -4.39. The Morgan fingerprint density at radius 3 is 2.85 bits per heavy atom. The smallest absolute Gasteiger partial charge is 0.342 e. The highest BCUT2D eigenvalue weighted by atomic mass is 32.1. The number of nitrogens with two attached hydrogens (primary N) is 1. The van der Waals surface area contributed by atoms with Crippen molar-refractivity contribution < 1.29 is 18.0 Å². The number of benzene rings is 1. The van der Waals surface area contributed by atoms with E-state index in [-0.39, 0.29) is 18.4 Å². The third-order valence-corrected chi connectivity index (χ3v) is 6.53. The molecule has 1 aromatic carbocycles. The molecule has 8 heteroatoms. The van der Waals surface area contributed by atoms with Gasteiger partial charge in [-0.15, -0.1) is 11.3 Å². The Kier molecular flexibility index (Phi) is 4.71. The summed E-state index contributed by atoms with van der Waals surface area (Å²) in [7, 11) is 0. The van der Waals surface area contributed by atoms with Crippen molar-refractivity contribution in [2.45, 2.75) is 31.5 Å². The quantitative estimate of drug-likeness (QED) is 0.864. The number of aromatic nitrogens is 1. The predicted octanol–water partition coefficient (Wildman–Crippen LogP) is 3.57. The molecule has 0 bridgehead atoms. The summed E-state index contributed by atoms with van der Waals surface area (Å²) in [4.78, 5) is 18.8. The molecule has 1 saturated heterocycles. The lowest BCUT2D eigenvalue weighted by Gasteiger charge is -2.18. The SMILES string of the molecule is NC1CCC2CN(C(=O)Cc3csc(-c4cccc(C(F)(F)F)c4)n3)CC12. The van der Waals surface area contributed by atoms with Crippen LogP contribution in [0.3, 0.4) is 0 Å². The van der Waals surface area contributed by atoms with Gasteiger partial charge in [-0.05, 0) is 36.8 Å². The number of halogens is 3. The zero-order valence-electron chi connectivity index (χ0n) is 14.6. The number of fused-ring (bicyclic) bond motifs is 1. The summed E-state index contributed by atoms with van der Waals surface area (Å²) in [5.74, 6) is 0.905. The molecule has 2 aromatic rings. The summed E-state index contributed by atoms with van der Waals surface area (Å²) in [5.41, 5.74) is 6.42. The molecule has 1 saturated carbocycles. The van der Waals surface area contributed by atoms with Crippen LogP contribution in [0.2, 0.25) is 0 Å². The van der Waals surface area contributed by atoms with Gasteiger partial charge >= 0.3 is 6.18 Å². The number of rotatable bonds is 3. The minimum Gasteiger partial charge on any atom is -0.342 e. The Morgan fingerprint density at radius 2 is 2.11 bits per heavy atom. The van der Waals surface area contributed by atoms with Crippen molar-refractivity contribution in [2.75, 3.05) is 13.1 Å². The lowest BCUT2D eigenvalue weighted by Crippen LogP contribution is -2.34. The number of likely N-dealkylation sites (tertiary alicyclic amines) is 1. The first kappa shape index (κ1) is 18.4. The van der Waals surface area contributed by atoms with Gasteiger partial charge in [0.25, 0.3) is 0 Å². The Bertz CT molecular complexity index is 851. The number of carbonyl (C=O) groups is 1. The molecule has 0 radical (unpaired) electrons. The van der Waals surface area contributed by atoms with Crippen LogP contribution in [0, 0.1) is 11.8 Å². The van der Waals surface area contributed by atoms with Crippen LogP contribution in [-0.4, -0.2) is 34.9 Å². The van der Waals surface area contributed by atoms with E-state index in [1.165, 1.54) is 17.4 Å². The maximum atomic E-state index is 12.9. The summed E-state index contributed by atoms with van der Waals surface area (Å²) >= 11 is 1.25. The molecule has 1 aliphatic carbocycles. The molecular weight excluding hydrogens is 375 g/mol. The Hall–Kier alpha value is -1.93. The molecule has 4 rings (SSSR count). The van der Waals surface area contributed by atoms with Gasteiger partial charge in [0.15, 0.2) is 0 Å². The maximum absolute atomic E-state index is 12.9. The first-order valence-corrected chi connectivity index (χ1v) is 9.84. The maximum Gasteiger partial charge on any atom is 0.416 e. The summed E-state index contributed by atoms with van der Waals surface area (Å²) < 4.78 is 38.6. The molecular formula is C19H20F3N3OS. The number of nitrogens with zero attached hydrogens (tertiary/aromatic N) is 2. The molecule has 1 aromatic heterocycles. The molecule has 0 spiro atoms. The number of hydrogen-bond acceptors (Lipinski definition) is 4. The van der Waals surface area contributed by atoms with Gasteiger partial charge in [-0.2, -0.15) is 13.2 Å². The van der Waals surface area contributed by atoms with Crippen molar-refractivity contribution >= 4 is 17.2 Å². The van der Waals surface area contributed by atoms with Gasteiger partial charge in [-0.1, -0.05) is 12.1 Å². The molecule has 3 atom stereocenters. The molecule has 2 fully saturated rings. The van der Waals surface area contributed by atoms with E-state index in [4.69, 9.17) is 5.73 Å². The number of carbonyl (C=O) groups excluding carboxylic acids is 1. The third kappa shape index (κ3) is 3.73. The second-order valence-corrected chi connectivity index (χ2v) is 8.22. The van der Waals surface area contributed by atoms with Gasteiger partial charge in [0, 0.05) is 30.1 Å². The number of amides is 1. The average Bonchev–Trinajstić information content (AvgIpc) is 3.32. The van der Waals surface area contributed by atoms with Crippen molar-refractivity contribution in [2.24, 2.45) is 17.6 Å². The van der Waals surface area contributed by atoms with Gasteiger partial charge in [0.05, 0.1) is 17.7 Å². The minimum absolute atomic E-state index is 0.0116. The fourth-order valence-electron chi connectivity index (χ4n) is 4.13. The Labute approximate surface area is 159 Å². The van der Waals surface area contributed by atoms with Crippen LogP contribution in [0.5, 0.6) is 0 Å². The largest absolute Gasteiger partial charge is 0.416 e. The number of thiazole rings is 1. The lowest BCUT2D eigenvalue weighted by atomic mass is 9.98. The van der Waals surface area contributed by atoms with Crippen molar-refractivity contribution in [1.82, 2.24) is 9.88 Å². The van der Waals surface area contributed by atoms with Gasteiger partial charge < -0.3 is 10.6 Å². The lowest BCUT2D eigenvalue weighted by molar-refractivity contribution is -0.137. The van der Waals surface area contributed by atoms with Crippen LogP contribution in [0.15, 0.2) is 29.6 Å². The highest BCUT2D eigenvalue weighted by Gasteiger charge is 2.42. The molecule has 144 valence electrons. The highest BCUT2D eigenvalue weighted by molar-refractivity contribution is 7.13. The number of alkyl halides is 3. The fraction of sp³-hybridized carbons (Fsp3) is 0.474. The van der Waals surface area contributed by atoms with Crippen LogP contribution < -0.4 is 5.73 Å². The first-order chi connectivity index (χ1) is 12.8. The second-order valence-electron chi connectivity index (χ2n) is 7.36. The highest BCUT2D eigenvalue weighted by Crippen LogP contribution is 2.37. The van der Waals surface area contributed by atoms with Gasteiger partial charge in [0.2, 0.25) is 5.91 Å². The van der Waals surface area contributed by atoms with Crippen molar-refractivity contribution in [3.05, 3.63) is 40.9 Å². The Balaban J connectivity index is 1.44. The van der Waals surface area contributed by atoms with Crippen LogP contribution in [0.4, 0.5) is 13.2 Å². The van der Waals surface area contributed by atoms with E-state index in [1.807, 2.05) is 4.90 Å². The average molecular weight is 395 g/mol. The molecule has 2 aliphatic rings. The van der Waals surface area contributed by atoms with E-state index in [0.717, 1.165) is 31.5 Å². The van der Waals surface area contributed by atoms with Crippen LogP contribution in [0.1, 0.15) is 24.1 Å². The molecule has 4 nitrogen and oxygen atoms in total. The molecule has 1 amide bonds. The summed E-state index contributed by atoms with van der Waals surface area (Å²) in [5, 5.41) is 2.24. The van der Waals surface area contributed by atoms with Crippen molar-refractivity contribution in [3.63, 3.8) is 0 Å². The first-order valence-electron chi connectivity index (χ1n) is 8.96. The van der Waals surface area contributed by atoms with Crippen LogP contribution >= 0.6 is 11.3 Å². The van der Waals surface area contributed by atoms with E-state index >= 15 is 0 Å². The van der Waals surface area contributed by atoms with Gasteiger partial charge in [0.1, 0.15) is 5.01 Å². The molecule has 2 N–H and O–H groups in total.